The second-order valence-electron chi connectivity index (χ2n) is 24.8. The van der Waals surface area contributed by atoms with Crippen molar-refractivity contribution in [1.29, 1.82) is 0 Å². The second-order valence-corrected chi connectivity index (χ2v) is 24.8. The number of benzene rings is 11. The molecule has 0 bridgehead atoms. The maximum atomic E-state index is 7.13. The van der Waals surface area contributed by atoms with Crippen LogP contribution in [0.4, 0.5) is 17.1 Å². The van der Waals surface area contributed by atoms with E-state index in [1.165, 1.54) is 116 Å². The van der Waals surface area contributed by atoms with Crippen LogP contribution in [0.15, 0.2) is 217 Å². The molecule has 13 aromatic rings. The van der Waals surface area contributed by atoms with Gasteiger partial charge in [-0.2, -0.15) is 0 Å². The summed E-state index contributed by atoms with van der Waals surface area (Å²) in [6.45, 7) is 17.3. The number of hydrogen-bond donors (Lipinski definition) is 0. The molecule has 3 heterocycles. The molecule has 0 amide bonds. The molecule has 0 spiro atoms. The van der Waals surface area contributed by atoms with E-state index < -0.39 is 0 Å². The SMILES string of the molecule is Cc1ccc(-c2cc3c(c4c2oc2ccccc24)-c2ccc(N(c4ccc5c(c4)C(C)(C)c4c-5c5c(c6c4C(C)(C)c4ccccc4-6)-c4ccccc4CO5)c4ccc5c(c4)c4ccccc4n5-c4ccccc4)cc2C3(C)C)cc1. The van der Waals surface area contributed by atoms with Crippen LogP contribution in [0, 0.1) is 6.92 Å². The van der Waals surface area contributed by atoms with E-state index in [-0.39, 0.29) is 16.2 Å². The Morgan fingerprint density at radius 3 is 1.80 bits per heavy atom. The third-order valence-electron chi connectivity index (χ3n) is 19.3. The lowest BCUT2D eigenvalue weighted by molar-refractivity contribution is 0.303. The summed E-state index contributed by atoms with van der Waals surface area (Å²) < 4.78 is 16.4. The van der Waals surface area contributed by atoms with Crippen LogP contribution >= 0.6 is 0 Å². The molecule has 388 valence electrons. The zero-order chi connectivity index (χ0) is 54.4. The van der Waals surface area contributed by atoms with Crippen LogP contribution in [0.1, 0.15) is 86.1 Å². The Morgan fingerprint density at radius 1 is 0.420 bits per heavy atom. The maximum Gasteiger partial charge on any atom is 0.143 e. The molecule has 0 unspecified atom stereocenters. The third-order valence-corrected chi connectivity index (χ3v) is 19.3. The van der Waals surface area contributed by atoms with Crippen LogP contribution in [0.3, 0.4) is 0 Å². The van der Waals surface area contributed by atoms with Gasteiger partial charge >= 0.3 is 0 Å². The van der Waals surface area contributed by atoms with Crippen LogP contribution in [0.5, 0.6) is 5.75 Å². The number of hydrogen-bond acceptors (Lipinski definition) is 3. The first-order valence-electron chi connectivity index (χ1n) is 28.7. The van der Waals surface area contributed by atoms with E-state index >= 15 is 0 Å². The molecule has 0 radical (unpaired) electrons. The normalized spacial score (nSPS) is 15.2. The number of anilines is 3. The number of rotatable bonds is 5. The number of furan rings is 1. The molecule has 0 fully saturated rings. The Balaban J connectivity index is 0.906. The smallest absolute Gasteiger partial charge is 0.143 e. The van der Waals surface area contributed by atoms with Crippen molar-refractivity contribution >= 4 is 60.8 Å². The van der Waals surface area contributed by atoms with Crippen LogP contribution in [-0.2, 0) is 22.9 Å². The van der Waals surface area contributed by atoms with Crippen LogP contribution in [-0.4, -0.2) is 4.57 Å². The highest BCUT2D eigenvalue weighted by Crippen LogP contribution is 2.67. The van der Waals surface area contributed by atoms with Crippen LogP contribution in [0.25, 0.3) is 105 Å². The van der Waals surface area contributed by atoms with Crippen molar-refractivity contribution in [2.45, 2.75) is 71.3 Å². The topological polar surface area (TPSA) is 30.5 Å². The molecule has 4 nitrogen and oxygen atoms in total. The van der Waals surface area contributed by atoms with E-state index in [1.807, 2.05) is 0 Å². The molecule has 11 aromatic carbocycles. The van der Waals surface area contributed by atoms with Gasteiger partial charge in [0.2, 0.25) is 0 Å². The van der Waals surface area contributed by atoms with Gasteiger partial charge in [-0.05, 0) is 158 Å². The zero-order valence-electron chi connectivity index (χ0n) is 46.6. The van der Waals surface area contributed by atoms with Crippen molar-refractivity contribution in [2.24, 2.45) is 0 Å². The summed E-state index contributed by atoms with van der Waals surface area (Å²) >= 11 is 0. The van der Waals surface area contributed by atoms with Gasteiger partial charge in [0.05, 0.1) is 11.0 Å². The Kier molecular flexibility index (Phi) is 9.27. The Morgan fingerprint density at radius 2 is 1.01 bits per heavy atom. The number of aryl methyl sites for hydroxylation is 1. The van der Waals surface area contributed by atoms with Crippen molar-refractivity contribution in [2.75, 3.05) is 4.90 Å². The van der Waals surface area contributed by atoms with Gasteiger partial charge in [-0.3, -0.25) is 0 Å². The zero-order valence-corrected chi connectivity index (χ0v) is 46.6. The molecular weight excluding hydrogens is 985 g/mol. The number of para-hydroxylation sites is 3. The average molecular weight is 1040 g/mol. The summed E-state index contributed by atoms with van der Waals surface area (Å²) in [4.78, 5) is 2.53. The fourth-order valence-electron chi connectivity index (χ4n) is 15.4. The maximum absolute atomic E-state index is 7.13. The lowest BCUT2D eigenvalue weighted by atomic mass is 9.71. The summed E-state index contributed by atoms with van der Waals surface area (Å²) in [6, 6.07) is 79.2. The van der Waals surface area contributed by atoms with Crippen molar-refractivity contribution in [3.05, 3.63) is 257 Å². The fourth-order valence-corrected chi connectivity index (χ4v) is 15.4. The molecule has 0 atom stereocenters. The highest BCUT2D eigenvalue weighted by atomic mass is 16.5. The highest BCUT2D eigenvalue weighted by molar-refractivity contribution is 6.19. The average Bonchev–Trinajstić information content (AvgIpc) is 2.86. The summed E-state index contributed by atoms with van der Waals surface area (Å²) in [7, 11) is 0. The number of ether oxygens (including phenoxy) is 1. The van der Waals surface area contributed by atoms with E-state index in [1.54, 1.807) is 0 Å². The van der Waals surface area contributed by atoms with E-state index in [0.29, 0.717) is 6.61 Å². The number of aromatic nitrogens is 1. The molecule has 1 aliphatic heterocycles. The van der Waals surface area contributed by atoms with Gasteiger partial charge in [0.1, 0.15) is 23.5 Å². The first kappa shape index (κ1) is 46.5. The van der Waals surface area contributed by atoms with Crippen LogP contribution < -0.4 is 9.64 Å². The minimum absolute atomic E-state index is 0.246. The molecule has 0 saturated carbocycles. The van der Waals surface area contributed by atoms with Crippen molar-refractivity contribution in [3.63, 3.8) is 0 Å². The lowest BCUT2D eigenvalue weighted by Gasteiger charge is -2.34. The molecule has 4 aliphatic rings. The Bertz CT molecular complexity index is 4910. The predicted octanol–water partition coefficient (Wildman–Crippen LogP) is 20.6. The van der Waals surface area contributed by atoms with Crippen LogP contribution in [0.2, 0.25) is 0 Å². The summed E-state index contributed by atoms with van der Waals surface area (Å²) in [6.07, 6.45) is 0. The molecule has 0 N–H and O–H groups in total. The van der Waals surface area contributed by atoms with E-state index in [0.717, 1.165) is 56.2 Å². The molecule has 4 heteroatoms. The van der Waals surface area contributed by atoms with Gasteiger partial charge in [0.25, 0.3) is 0 Å². The Hall–Kier alpha value is -9.38. The predicted molar refractivity (Wildman–Crippen MR) is 335 cm³/mol. The second kappa shape index (κ2) is 16.1. The largest absolute Gasteiger partial charge is 0.488 e. The molecule has 81 heavy (non-hydrogen) atoms. The summed E-state index contributed by atoms with van der Waals surface area (Å²) in [5.74, 6) is 1.01. The lowest BCUT2D eigenvalue weighted by Crippen LogP contribution is -2.25. The highest BCUT2D eigenvalue weighted by Gasteiger charge is 2.50. The van der Waals surface area contributed by atoms with Gasteiger partial charge in [-0.1, -0.05) is 187 Å². The van der Waals surface area contributed by atoms with E-state index in [4.69, 9.17) is 9.15 Å². The van der Waals surface area contributed by atoms with E-state index in [2.05, 4.69) is 270 Å². The Labute approximate surface area is 472 Å². The third kappa shape index (κ3) is 6.15. The molecule has 17 rings (SSSR count). The summed E-state index contributed by atoms with van der Waals surface area (Å²) in [5, 5.41) is 4.76. The summed E-state index contributed by atoms with van der Waals surface area (Å²) in [5.41, 5.74) is 30.7. The molecular formula is C77H58N2O2. The number of nitrogens with zero attached hydrogens (tertiary/aromatic N) is 2. The molecule has 3 aliphatic carbocycles. The van der Waals surface area contributed by atoms with Gasteiger partial charge < -0.3 is 18.6 Å². The molecule has 2 aromatic heterocycles. The minimum Gasteiger partial charge on any atom is -0.488 e. The quantitative estimate of drug-likeness (QED) is 0.172. The van der Waals surface area contributed by atoms with Gasteiger partial charge in [0, 0.05) is 77.2 Å². The van der Waals surface area contributed by atoms with E-state index in [9.17, 15) is 0 Å². The number of fused-ring (bicyclic) bond motifs is 22. The van der Waals surface area contributed by atoms with Gasteiger partial charge in [-0.15, -0.1) is 0 Å². The monoisotopic (exact) mass is 1040 g/mol. The first-order valence-corrected chi connectivity index (χ1v) is 28.7. The molecule has 0 saturated heterocycles. The van der Waals surface area contributed by atoms with Gasteiger partial charge in [0.15, 0.2) is 0 Å². The van der Waals surface area contributed by atoms with Crippen molar-refractivity contribution in [1.82, 2.24) is 4.57 Å². The van der Waals surface area contributed by atoms with Crippen molar-refractivity contribution < 1.29 is 9.15 Å². The minimum atomic E-state index is -0.381. The van der Waals surface area contributed by atoms with Crippen molar-refractivity contribution in [3.8, 4) is 67.1 Å². The first-order chi connectivity index (χ1) is 39.4. The standard InChI is InChI=1S/C77H58N2O2/c1-44-29-31-45(32-30-44)57-42-62-66(69-56-25-15-18-28-65(56)81-73(57)69)54-36-33-49(40-60(54)75(62,2)3)78(48-35-38-64-58(39-48)52-23-14-17-27-63(52)79(64)47-20-9-8-10-21-47)50-34-37-55-61(41-50)77(6,7)72-70(55)74-68(51-22-12-11-19-46(51)43-80-74)67-53-24-13-16-26-59(53)76(4,5)71(67)72/h8-42H,43H2,1-7H3. The van der Waals surface area contributed by atoms with Gasteiger partial charge in [-0.25, -0.2) is 0 Å². The fraction of sp³-hybridized carbons (Fsp3) is 0.143.